The molecule has 0 fully saturated rings. The predicted molar refractivity (Wildman–Crippen MR) is 74.5 cm³/mol. The predicted octanol–water partition coefficient (Wildman–Crippen LogP) is 3.30. The summed E-state index contributed by atoms with van der Waals surface area (Å²) in [5.41, 5.74) is 7.89. The van der Waals surface area contributed by atoms with Gasteiger partial charge < -0.3 is 10.5 Å². The molecular weight excluding hydrogens is 255 g/mol. The van der Waals surface area contributed by atoms with Crippen molar-refractivity contribution in [3.8, 4) is 11.8 Å². The lowest BCUT2D eigenvalue weighted by Crippen LogP contribution is -2.08. The molecule has 0 radical (unpaired) electrons. The van der Waals surface area contributed by atoms with Crippen LogP contribution in [0.2, 0.25) is 0 Å². The molecule has 0 heterocycles. The summed E-state index contributed by atoms with van der Waals surface area (Å²) < 4.78 is 18.9. The maximum absolute atomic E-state index is 13.2. The van der Waals surface area contributed by atoms with Crippen LogP contribution in [0.4, 0.5) is 4.39 Å². The van der Waals surface area contributed by atoms with Crippen LogP contribution in [0.1, 0.15) is 29.7 Å². The van der Waals surface area contributed by atoms with E-state index in [0.717, 1.165) is 5.56 Å². The van der Waals surface area contributed by atoms with Crippen molar-refractivity contribution >= 4 is 0 Å². The molecule has 2 aromatic rings. The minimum Gasteiger partial charge on any atom is -0.489 e. The highest BCUT2D eigenvalue weighted by atomic mass is 19.1. The maximum Gasteiger partial charge on any atom is 0.124 e. The Morgan fingerprint density at radius 2 is 2.10 bits per heavy atom. The first-order valence-corrected chi connectivity index (χ1v) is 6.27. The lowest BCUT2D eigenvalue weighted by atomic mass is 10.1. The van der Waals surface area contributed by atoms with Gasteiger partial charge in [-0.05, 0) is 42.8 Å². The molecule has 3 nitrogen and oxygen atoms in total. The first kappa shape index (κ1) is 14.0. The number of rotatable bonds is 4. The molecule has 2 N–H and O–H groups in total. The molecular formula is C16H15FN2O. The van der Waals surface area contributed by atoms with E-state index in [1.54, 1.807) is 31.2 Å². The minimum absolute atomic E-state index is 0.306. The number of hydrogen-bond acceptors (Lipinski definition) is 3. The molecule has 0 bridgehead atoms. The summed E-state index contributed by atoms with van der Waals surface area (Å²) in [7, 11) is 0. The third kappa shape index (κ3) is 3.34. The Kier molecular flexibility index (Phi) is 4.34. The lowest BCUT2D eigenvalue weighted by Gasteiger charge is -2.14. The summed E-state index contributed by atoms with van der Waals surface area (Å²) in [5, 5.41) is 8.85. The first-order valence-electron chi connectivity index (χ1n) is 6.27. The van der Waals surface area contributed by atoms with Crippen LogP contribution in [0.25, 0.3) is 0 Å². The number of nitrogens with two attached hydrogens (primary N) is 1. The molecule has 102 valence electrons. The van der Waals surface area contributed by atoms with Gasteiger partial charge in [-0.15, -0.1) is 0 Å². The molecule has 20 heavy (non-hydrogen) atoms. The maximum atomic E-state index is 13.2. The summed E-state index contributed by atoms with van der Waals surface area (Å²) in [6.07, 6.45) is 0. The second kappa shape index (κ2) is 6.18. The van der Waals surface area contributed by atoms with Gasteiger partial charge in [-0.1, -0.05) is 12.1 Å². The SMILES string of the molecule is C[C@@H](N)c1cc(F)ccc1OCc1cccc(C#N)c1. The van der Waals surface area contributed by atoms with E-state index in [1.807, 2.05) is 6.07 Å². The van der Waals surface area contributed by atoms with Gasteiger partial charge in [0, 0.05) is 11.6 Å². The number of nitrogens with zero attached hydrogens (tertiary/aromatic N) is 1. The van der Waals surface area contributed by atoms with Crippen molar-refractivity contribution in [1.82, 2.24) is 0 Å². The second-order valence-electron chi connectivity index (χ2n) is 4.57. The van der Waals surface area contributed by atoms with E-state index in [2.05, 4.69) is 6.07 Å². The molecule has 0 aliphatic carbocycles. The Bertz CT molecular complexity index is 647. The highest BCUT2D eigenvalue weighted by Gasteiger charge is 2.10. The minimum atomic E-state index is -0.337. The Balaban J connectivity index is 2.16. The summed E-state index contributed by atoms with van der Waals surface area (Å²) in [6.45, 7) is 2.08. The fraction of sp³-hybridized carbons (Fsp3) is 0.188. The Morgan fingerprint density at radius 3 is 2.80 bits per heavy atom. The van der Waals surface area contributed by atoms with E-state index < -0.39 is 0 Å². The van der Waals surface area contributed by atoms with Crippen molar-refractivity contribution in [2.24, 2.45) is 5.73 Å². The zero-order valence-corrected chi connectivity index (χ0v) is 11.1. The smallest absolute Gasteiger partial charge is 0.124 e. The van der Waals surface area contributed by atoms with Gasteiger partial charge in [-0.2, -0.15) is 5.26 Å². The number of benzene rings is 2. The summed E-state index contributed by atoms with van der Waals surface area (Å²) in [6, 6.07) is 13.2. The van der Waals surface area contributed by atoms with Crippen LogP contribution in [-0.4, -0.2) is 0 Å². The van der Waals surface area contributed by atoms with Crippen molar-refractivity contribution in [1.29, 1.82) is 5.26 Å². The van der Waals surface area contributed by atoms with E-state index >= 15 is 0 Å². The van der Waals surface area contributed by atoms with Crippen LogP contribution < -0.4 is 10.5 Å². The van der Waals surface area contributed by atoms with E-state index in [9.17, 15) is 4.39 Å². The van der Waals surface area contributed by atoms with Gasteiger partial charge in [0.05, 0.1) is 11.6 Å². The van der Waals surface area contributed by atoms with Crippen molar-refractivity contribution < 1.29 is 9.13 Å². The topological polar surface area (TPSA) is 59.0 Å². The molecule has 4 heteroatoms. The summed E-state index contributed by atoms with van der Waals surface area (Å²) >= 11 is 0. The Labute approximate surface area is 117 Å². The molecule has 1 atom stereocenters. The molecule has 0 aliphatic rings. The zero-order chi connectivity index (χ0) is 14.5. The number of hydrogen-bond donors (Lipinski definition) is 1. The van der Waals surface area contributed by atoms with Gasteiger partial charge in [0.25, 0.3) is 0 Å². The van der Waals surface area contributed by atoms with Crippen molar-refractivity contribution in [2.75, 3.05) is 0 Å². The molecule has 0 saturated heterocycles. The van der Waals surface area contributed by atoms with Crippen LogP contribution in [0.15, 0.2) is 42.5 Å². The molecule has 2 rings (SSSR count). The average molecular weight is 270 g/mol. The van der Waals surface area contributed by atoms with Crippen LogP contribution in [0.3, 0.4) is 0 Å². The molecule has 0 saturated carbocycles. The van der Waals surface area contributed by atoms with Crippen LogP contribution >= 0.6 is 0 Å². The largest absolute Gasteiger partial charge is 0.489 e. The van der Waals surface area contributed by atoms with Crippen molar-refractivity contribution in [2.45, 2.75) is 19.6 Å². The van der Waals surface area contributed by atoms with Crippen LogP contribution in [-0.2, 0) is 6.61 Å². The summed E-state index contributed by atoms with van der Waals surface area (Å²) in [5.74, 6) is 0.222. The van der Waals surface area contributed by atoms with Crippen molar-refractivity contribution in [3.63, 3.8) is 0 Å². The van der Waals surface area contributed by atoms with E-state index in [0.29, 0.717) is 23.5 Å². The number of nitriles is 1. The first-order chi connectivity index (χ1) is 9.60. The van der Waals surface area contributed by atoms with Crippen LogP contribution in [0, 0.1) is 17.1 Å². The van der Waals surface area contributed by atoms with Gasteiger partial charge in [0.15, 0.2) is 0 Å². The highest BCUT2D eigenvalue weighted by Crippen LogP contribution is 2.25. The average Bonchev–Trinajstić information content (AvgIpc) is 2.46. The zero-order valence-electron chi connectivity index (χ0n) is 11.1. The third-order valence-corrected chi connectivity index (χ3v) is 2.91. The summed E-state index contributed by atoms with van der Waals surface area (Å²) in [4.78, 5) is 0. The van der Waals surface area contributed by atoms with Gasteiger partial charge in [0.1, 0.15) is 18.2 Å². The molecule has 0 amide bonds. The van der Waals surface area contributed by atoms with E-state index in [1.165, 1.54) is 12.1 Å². The number of halogens is 1. The molecule has 2 aromatic carbocycles. The normalized spacial score (nSPS) is 11.7. The van der Waals surface area contributed by atoms with E-state index in [4.69, 9.17) is 15.7 Å². The monoisotopic (exact) mass is 270 g/mol. The highest BCUT2D eigenvalue weighted by molar-refractivity contribution is 5.37. The van der Waals surface area contributed by atoms with Crippen molar-refractivity contribution in [3.05, 3.63) is 65.0 Å². The standard InChI is InChI=1S/C16H15FN2O/c1-11(19)15-8-14(17)5-6-16(15)20-10-13-4-2-3-12(7-13)9-18/h2-8,11H,10,19H2,1H3/t11-/m1/s1. The molecule has 0 aromatic heterocycles. The van der Waals surface area contributed by atoms with Gasteiger partial charge >= 0.3 is 0 Å². The molecule has 0 aliphatic heterocycles. The Morgan fingerprint density at radius 1 is 1.30 bits per heavy atom. The lowest BCUT2D eigenvalue weighted by molar-refractivity contribution is 0.301. The molecule has 0 unspecified atom stereocenters. The quantitative estimate of drug-likeness (QED) is 0.927. The number of ether oxygens (including phenoxy) is 1. The van der Waals surface area contributed by atoms with Gasteiger partial charge in [0.2, 0.25) is 0 Å². The van der Waals surface area contributed by atoms with Crippen LogP contribution in [0.5, 0.6) is 5.75 Å². The Hall–Kier alpha value is -2.38. The second-order valence-corrected chi connectivity index (χ2v) is 4.57. The fourth-order valence-electron chi connectivity index (χ4n) is 1.90. The van der Waals surface area contributed by atoms with E-state index in [-0.39, 0.29) is 11.9 Å². The third-order valence-electron chi connectivity index (χ3n) is 2.91. The molecule has 0 spiro atoms. The fourth-order valence-corrected chi connectivity index (χ4v) is 1.90. The van der Waals surface area contributed by atoms with Gasteiger partial charge in [-0.3, -0.25) is 0 Å². The van der Waals surface area contributed by atoms with Gasteiger partial charge in [-0.25, -0.2) is 4.39 Å².